The molecule has 3 nitrogen and oxygen atoms in total. The number of hydrogen-bond donors (Lipinski definition) is 0. The van der Waals surface area contributed by atoms with E-state index in [4.69, 9.17) is 4.74 Å². The first-order valence-corrected chi connectivity index (χ1v) is 10.8. The lowest BCUT2D eigenvalue weighted by Crippen LogP contribution is -2.41. The first-order valence-electron chi connectivity index (χ1n) is 10.8. The molecule has 0 heterocycles. The topological polar surface area (TPSA) is 35.5 Å². The highest BCUT2D eigenvalue weighted by Crippen LogP contribution is 2.42. The summed E-state index contributed by atoms with van der Waals surface area (Å²) >= 11 is 0. The minimum Gasteiger partial charge on any atom is -0.462 e. The number of esters is 1. The summed E-state index contributed by atoms with van der Waals surface area (Å²) in [5, 5.41) is 0. The summed E-state index contributed by atoms with van der Waals surface area (Å²) < 4.78 is 60.1. The van der Waals surface area contributed by atoms with Crippen LogP contribution < -0.4 is 0 Å². The number of halogens is 4. The molecule has 162 valence electrons. The molecule has 0 saturated heterocycles. The Balaban J connectivity index is 1.39. The number of carbonyl (C=O) groups excluding carboxylic acids is 1. The maximum Gasteiger partial charge on any atom is 0.522 e. The fourth-order valence-electron chi connectivity index (χ4n) is 5.31. The Labute approximate surface area is 164 Å². The van der Waals surface area contributed by atoms with Crippen LogP contribution in [-0.4, -0.2) is 30.7 Å². The molecular weight excluding hydrogens is 376 g/mol. The normalized spacial score (nSPS) is 40.1. The Kier molecular flexibility index (Phi) is 7.26. The van der Waals surface area contributed by atoms with E-state index in [1.807, 2.05) is 0 Å². The Morgan fingerprint density at radius 3 is 1.96 bits per heavy atom. The van der Waals surface area contributed by atoms with Crippen LogP contribution in [0.5, 0.6) is 0 Å². The molecule has 3 unspecified atom stereocenters. The zero-order chi connectivity index (χ0) is 20.3. The average Bonchev–Trinajstić information content (AvgIpc) is 2.64. The first-order chi connectivity index (χ1) is 13.2. The lowest BCUT2D eigenvalue weighted by Gasteiger charge is -2.37. The van der Waals surface area contributed by atoms with Crippen molar-refractivity contribution in [2.24, 2.45) is 23.7 Å². The van der Waals surface area contributed by atoms with Gasteiger partial charge >= 0.3 is 12.3 Å². The van der Waals surface area contributed by atoms with Crippen LogP contribution in [0.25, 0.3) is 0 Å². The summed E-state index contributed by atoms with van der Waals surface area (Å²) in [4.78, 5) is 12.5. The predicted molar refractivity (Wildman–Crippen MR) is 96.1 cm³/mol. The van der Waals surface area contributed by atoms with Crippen LogP contribution >= 0.6 is 0 Å². The Bertz CT molecular complexity index is 508. The van der Waals surface area contributed by atoms with Gasteiger partial charge in [-0.15, -0.1) is 13.2 Å². The number of rotatable bonds is 4. The molecule has 3 aliphatic carbocycles. The second-order valence-electron chi connectivity index (χ2n) is 9.12. The highest BCUT2D eigenvalue weighted by Gasteiger charge is 2.42. The van der Waals surface area contributed by atoms with Gasteiger partial charge in [0.15, 0.2) is 0 Å². The second-order valence-corrected chi connectivity index (χ2v) is 9.12. The van der Waals surface area contributed by atoms with Gasteiger partial charge in [0.25, 0.3) is 0 Å². The zero-order valence-electron chi connectivity index (χ0n) is 16.6. The minimum absolute atomic E-state index is 0.0918. The van der Waals surface area contributed by atoms with E-state index >= 15 is 0 Å². The van der Waals surface area contributed by atoms with E-state index in [9.17, 15) is 22.4 Å². The zero-order valence-corrected chi connectivity index (χ0v) is 16.6. The van der Waals surface area contributed by atoms with E-state index in [1.165, 1.54) is 25.7 Å². The molecule has 3 rings (SSSR count). The molecule has 0 aliphatic heterocycles. The molecule has 0 aromatic rings. The molecule has 7 heteroatoms. The van der Waals surface area contributed by atoms with Crippen molar-refractivity contribution in [1.82, 2.24) is 0 Å². The predicted octanol–water partition coefficient (Wildman–Crippen LogP) is 5.96. The number of carbonyl (C=O) groups is 1. The third-order valence-corrected chi connectivity index (χ3v) is 7.06. The summed E-state index contributed by atoms with van der Waals surface area (Å²) in [5.41, 5.74) is 0. The van der Waals surface area contributed by atoms with Crippen LogP contribution in [0.2, 0.25) is 0 Å². The van der Waals surface area contributed by atoms with Gasteiger partial charge in [-0.1, -0.05) is 19.8 Å². The molecule has 0 aromatic carbocycles. The molecule has 3 fully saturated rings. The van der Waals surface area contributed by atoms with Gasteiger partial charge in [0.05, 0.1) is 12.0 Å². The lowest BCUT2D eigenvalue weighted by molar-refractivity contribution is -0.352. The van der Waals surface area contributed by atoms with Gasteiger partial charge in [0, 0.05) is 6.42 Å². The van der Waals surface area contributed by atoms with Crippen molar-refractivity contribution in [1.29, 1.82) is 0 Å². The van der Waals surface area contributed by atoms with Crippen molar-refractivity contribution < 1.29 is 31.8 Å². The fourth-order valence-corrected chi connectivity index (χ4v) is 5.31. The number of hydrogen-bond acceptors (Lipinski definition) is 3. The van der Waals surface area contributed by atoms with Gasteiger partial charge in [-0.25, -0.2) is 4.39 Å². The highest BCUT2D eigenvalue weighted by atomic mass is 19.4. The summed E-state index contributed by atoms with van der Waals surface area (Å²) in [6, 6.07) is 0. The third-order valence-electron chi connectivity index (χ3n) is 7.06. The molecule has 0 spiro atoms. The quantitative estimate of drug-likeness (QED) is 0.425. The maximum atomic E-state index is 14.0. The summed E-state index contributed by atoms with van der Waals surface area (Å²) in [5.74, 6) is 1.86. The Morgan fingerprint density at radius 1 is 0.857 bits per heavy atom. The van der Waals surface area contributed by atoms with E-state index in [0.29, 0.717) is 5.92 Å². The van der Waals surface area contributed by atoms with Gasteiger partial charge in [0.2, 0.25) is 0 Å². The van der Waals surface area contributed by atoms with E-state index in [2.05, 4.69) is 11.7 Å². The molecule has 0 N–H and O–H groups in total. The van der Waals surface area contributed by atoms with Crippen LogP contribution in [0.15, 0.2) is 0 Å². The molecule has 3 atom stereocenters. The van der Waals surface area contributed by atoms with Crippen molar-refractivity contribution in [3.8, 4) is 0 Å². The van der Waals surface area contributed by atoms with Crippen molar-refractivity contribution >= 4 is 5.97 Å². The van der Waals surface area contributed by atoms with Gasteiger partial charge in [-0.2, -0.15) is 0 Å². The molecular formula is C21H32F4O3. The molecule has 0 aromatic heterocycles. The Morgan fingerprint density at radius 2 is 1.43 bits per heavy atom. The summed E-state index contributed by atoms with van der Waals surface area (Å²) in [7, 11) is 0. The van der Waals surface area contributed by atoms with Crippen molar-refractivity contribution in [2.45, 2.75) is 102 Å². The molecule has 28 heavy (non-hydrogen) atoms. The van der Waals surface area contributed by atoms with E-state index in [1.54, 1.807) is 0 Å². The standard InChI is InChI=1S/C21H32F4O3/c1-13-2-4-14(5-3-13)15-6-8-16(9-7-15)20(26)27-17-10-11-19(18(22)12-17)28-21(23,24)25/h13-19H,2-12H2,1H3. The van der Waals surface area contributed by atoms with Gasteiger partial charge in [0.1, 0.15) is 12.3 Å². The molecule has 3 aliphatic rings. The van der Waals surface area contributed by atoms with Crippen LogP contribution in [0, 0.1) is 23.7 Å². The van der Waals surface area contributed by atoms with Crippen LogP contribution in [0.1, 0.15) is 77.6 Å². The van der Waals surface area contributed by atoms with Gasteiger partial charge < -0.3 is 4.74 Å². The van der Waals surface area contributed by atoms with Gasteiger partial charge in [-0.3, -0.25) is 9.53 Å². The fraction of sp³-hybridized carbons (Fsp3) is 0.952. The van der Waals surface area contributed by atoms with E-state index in [0.717, 1.165) is 37.5 Å². The molecule has 3 saturated carbocycles. The first kappa shape index (κ1) is 21.8. The minimum atomic E-state index is -4.84. The lowest BCUT2D eigenvalue weighted by atomic mass is 9.69. The molecule has 0 radical (unpaired) electrons. The smallest absolute Gasteiger partial charge is 0.462 e. The van der Waals surface area contributed by atoms with Crippen LogP contribution in [0.3, 0.4) is 0 Å². The summed E-state index contributed by atoms with van der Waals surface area (Å²) in [6.07, 6.45) is 0.0354. The average molecular weight is 408 g/mol. The SMILES string of the molecule is CC1CCC(C2CCC(C(=O)OC3CCC(OC(F)(F)F)C(F)C3)CC2)CC1. The largest absolute Gasteiger partial charge is 0.522 e. The van der Waals surface area contributed by atoms with Crippen molar-refractivity contribution in [2.75, 3.05) is 0 Å². The highest BCUT2D eigenvalue weighted by molar-refractivity contribution is 5.72. The number of ether oxygens (including phenoxy) is 2. The van der Waals surface area contributed by atoms with Crippen LogP contribution in [-0.2, 0) is 14.3 Å². The van der Waals surface area contributed by atoms with Crippen molar-refractivity contribution in [3.63, 3.8) is 0 Å². The van der Waals surface area contributed by atoms with Crippen molar-refractivity contribution in [3.05, 3.63) is 0 Å². The van der Waals surface area contributed by atoms with Crippen LogP contribution in [0.4, 0.5) is 17.6 Å². The second kappa shape index (κ2) is 9.31. The van der Waals surface area contributed by atoms with E-state index < -0.39 is 24.7 Å². The molecule has 0 amide bonds. The molecule has 0 bridgehead atoms. The van der Waals surface area contributed by atoms with E-state index in [-0.39, 0.29) is 31.1 Å². The number of alkyl halides is 4. The Hall–Kier alpha value is -0.850. The maximum absolute atomic E-state index is 14.0. The monoisotopic (exact) mass is 408 g/mol. The van der Waals surface area contributed by atoms with Gasteiger partial charge in [-0.05, 0) is 69.1 Å². The third kappa shape index (κ3) is 6.07. The summed E-state index contributed by atoms with van der Waals surface area (Å²) in [6.45, 7) is 2.31.